The summed E-state index contributed by atoms with van der Waals surface area (Å²) < 4.78 is 5.46. The second-order valence-electron chi connectivity index (χ2n) is 6.74. The third kappa shape index (κ3) is 5.07. The fourth-order valence-corrected chi connectivity index (χ4v) is 3.33. The summed E-state index contributed by atoms with van der Waals surface area (Å²) in [6, 6.07) is 16.4. The van der Waals surface area contributed by atoms with E-state index in [0.29, 0.717) is 0 Å². The van der Waals surface area contributed by atoms with Gasteiger partial charge in [-0.2, -0.15) is 0 Å². The molecule has 2 aromatic carbocycles. The van der Waals surface area contributed by atoms with Crippen molar-refractivity contribution in [3.63, 3.8) is 0 Å². The average molecular weight is 353 g/mol. The second kappa shape index (κ2) is 8.83. The number of amides is 1. The van der Waals surface area contributed by atoms with Crippen molar-refractivity contribution in [3.8, 4) is 5.75 Å². The minimum absolute atomic E-state index is 0.0380. The SMILES string of the molecule is COc1ccccc1CN1CCN(Cc2ccc(NC(C)=O)cc2)CC1. The molecule has 0 saturated carbocycles. The third-order valence-corrected chi connectivity index (χ3v) is 4.73. The monoisotopic (exact) mass is 353 g/mol. The van der Waals surface area contributed by atoms with E-state index in [-0.39, 0.29) is 5.91 Å². The van der Waals surface area contributed by atoms with E-state index < -0.39 is 0 Å². The summed E-state index contributed by atoms with van der Waals surface area (Å²) in [6.07, 6.45) is 0. The smallest absolute Gasteiger partial charge is 0.221 e. The van der Waals surface area contributed by atoms with Crippen molar-refractivity contribution in [1.29, 1.82) is 0 Å². The van der Waals surface area contributed by atoms with Crippen molar-refractivity contribution in [2.24, 2.45) is 0 Å². The lowest BCUT2D eigenvalue weighted by Gasteiger charge is -2.35. The van der Waals surface area contributed by atoms with Gasteiger partial charge in [-0.3, -0.25) is 14.6 Å². The van der Waals surface area contributed by atoms with Gasteiger partial charge in [0.15, 0.2) is 0 Å². The summed E-state index contributed by atoms with van der Waals surface area (Å²) in [5.74, 6) is 0.929. The number of nitrogens with zero attached hydrogens (tertiary/aromatic N) is 2. The summed E-state index contributed by atoms with van der Waals surface area (Å²) in [4.78, 5) is 16.0. The van der Waals surface area contributed by atoms with Gasteiger partial charge in [0.2, 0.25) is 5.91 Å². The fraction of sp³-hybridized carbons (Fsp3) is 0.381. The van der Waals surface area contributed by atoms with Crippen LogP contribution in [-0.2, 0) is 17.9 Å². The number of ether oxygens (including phenoxy) is 1. The first-order valence-electron chi connectivity index (χ1n) is 9.07. The molecule has 0 aliphatic carbocycles. The largest absolute Gasteiger partial charge is 0.496 e. The molecule has 1 aliphatic heterocycles. The predicted molar refractivity (Wildman–Crippen MR) is 104 cm³/mol. The molecule has 3 rings (SSSR count). The molecule has 138 valence electrons. The van der Waals surface area contributed by atoms with Gasteiger partial charge < -0.3 is 10.1 Å². The van der Waals surface area contributed by atoms with E-state index in [2.05, 4.69) is 39.4 Å². The van der Waals surface area contributed by atoms with E-state index in [1.165, 1.54) is 18.1 Å². The van der Waals surface area contributed by atoms with E-state index in [9.17, 15) is 4.79 Å². The summed E-state index contributed by atoms with van der Waals surface area (Å²) in [7, 11) is 1.73. The summed E-state index contributed by atoms with van der Waals surface area (Å²) in [5.41, 5.74) is 3.37. The predicted octanol–water partition coefficient (Wildman–Crippen LogP) is 2.97. The van der Waals surface area contributed by atoms with Crippen LogP contribution in [0.3, 0.4) is 0 Å². The van der Waals surface area contributed by atoms with Crippen molar-refractivity contribution in [1.82, 2.24) is 9.80 Å². The number of carbonyl (C=O) groups excluding carboxylic acids is 1. The summed E-state index contributed by atoms with van der Waals surface area (Å²) >= 11 is 0. The molecule has 0 aromatic heterocycles. The molecule has 1 heterocycles. The Morgan fingerprint density at radius 3 is 2.19 bits per heavy atom. The highest BCUT2D eigenvalue weighted by Gasteiger charge is 2.18. The number of methoxy groups -OCH3 is 1. The number of benzene rings is 2. The highest BCUT2D eigenvalue weighted by Crippen LogP contribution is 2.20. The molecular weight excluding hydrogens is 326 g/mol. The Bertz CT molecular complexity index is 722. The van der Waals surface area contributed by atoms with Crippen molar-refractivity contribution in [2.45, 2.75) is 20.0 Å². The van der Waals surface area contributed by atoms with Crippen LogP contribution in [0.15, 0.2) is 48.5 Å². The number of hydrogen-bond donors (Lipinski definition) is 1. The highest BCUT2D eigenvalue weighted by molar-refractivity contribution is 5.88. The number of carbonyl (C=O) groups is 1. The van der Waals surface area contributed by atoms with Gasteiger partial charge in [-0.1, -0.05) is 30.3 Å². The molecule has 5 heteroatoms. The molecule has 1 N–H and O–H groups in total. The van der Waals surface area contributed by atoms with Crippen LogP contribution in [-0.4, -0.2) is 49.0 Å². The van der Waals surface area contributed by atoms with Gasteiger partial charge in [-0.05, 0) is 23.8 Å². The molecule has 0 unspecified atom stereocenters. The zero-order valence-electron chi connectivity index (χ0n) is 15.6. The van der Waals surface area contributed by atoms with Gasteiger partial charge in [-0.25, -0.2) is 0 Å². The number of rotatable bonds is 6. The topological polar surface area (TPSA) is 44.8 Å². The van der Waals surface area contributed by atoms with Crippen LogP contribution >= 0.6 is 0 Å². The molecule has 1 amide bonds. The van der Waals surface area contributed by atoms with Crippen molar-refractivity contribution >= 4 is 11.6 Å². The molecule has 1 aliphatic rings. The van der Waals surface area contributed by atoms with Gasteiger partial charge in [0.1, 0.15) is 5.75 Å². The Morgan fingerprint density at radius 1 is 0.962 bits per heavy atom. The third-order valence-electron chi connectivity index (χ3n) is 4.73. The fourth-order valence-electron chi connectivity index (χ4n) is 3.33. The zero-order valence-corrected chi connectivity index (χ0v) is 15.6. The Morgan fingerprint density at radius 2 is 1.58 bits per heavy atom. The molecule has 26 heavy (non-hydrogen) atoms. The number of piperazine rings is 1. The number of nitrogens with one attached hydrogen (secondary N) is 1. The van der Waals surface area contributed by atoms with Gasteiger partial charge in [0.05, 0.1) is 7.11 Å². The van der Waals surface area contributed by atoms with E-state index >= 15 is 0 Å². The number of para-hydroxylation sites is 1. The zero-order chi connectivity index (χ0) is 18.4. The van der Waals surface area contributed by atoms with Crippen LogP contribution in [0.4, 0.5) is 5.69 Å². The van der Waals surface area contributed by atoms with Crippen LogP contribution in [0.5, 0.6) is 5.75 Å². The van der Waals surface area contributed by atoms with E-state index in [1.54, 1.807) is 7.11 Å². The number of hydrogen-bond acceptors (Lipinski definition) is 4. The van der Waals surface area contributed by atoms with Crippen LogP contribution in [0.1, 0.15) is 18.1 Å². The van der Waals surface area contributed by atoms with Crippen LogP contribution in [0.2, 0.25) is 0 Å². The van der Waals surface area contributed by atoms with E-state index in [0.717, 1.165) is 50.7 Å². The van der Waals surface area contributed by atoms with Crippen molar-refractivity contribution < 1.29 is 9.53 Å². The maximum Gasteiger partial charge on any atom is 0.221 e. The maximum atomic E-state index is 11.1. The molecule has 0 radical (unpaired) electrons. The van der Waals surface area contributed by atoms with E-state index in [4.69, 9.17) is 4.74 Å². The van der Waals surface area contributed by atoms with Gasteiger partial charge >= 0.3 is 0 Å². The standard InChI is InChI=1S/C21H27N3O2/c1-17(25)22-20-9-7-18(8-10-20)15-23-11-13-24(14-12-23)16-19-5-3-4-6-21(19)26-2/h3-10H,11-16H2,1-2H3,(H,22,25). The van der Waals surface area contributed by atoms with Crippen LogP contribution < -0.4 is 10.1 Å². The molecule has 2 aromatic rings. The average Bonchev–Trinajstić information content (AvgIpc) is 2.65. The normalized spacial score (nSPS) is 15.6. The first kappa shape index (κ1) is 18.4. The van der Waals surface area contributed by atoms with Crippen molar-refractivity contribution in [3.05, 3.63) is 59.7 Å². The van der Waals surface area contributed by atoms with E-state index in [1.807, 2.05) is 24.3 Å². The molecular formula is C21H27N3O2. The molecule has 1 saturated heterocycles. The summed E-state index contributed by atoms with van der Waals surface area (Å²) in [6.45, 7) is 7.64. The highest BCUT2D eigenvalue weighted by atomic mass is 16.5. The molecule has 0 atom stereocenters. The molecule has 5 nitrogen and oxygen atoms in total. The van der Waals surface area contributed by atoms with Gasteiger partial charge in [0, 0.05) is 57.4 Å². The first-order chi connectivity index (χ1) is 12.6. The maximum absolute atomic E-state index is 11.1. The lowest BCUT2D eigenvalue weighted by molar-refractivity contribution is -0.114. The van der Waals surface area contributed by atoms with Gasteiger partial charge in [-0.15, -0.1) is 0 Å². The Labute approximate surface area is 155 Å². The van der Waals surface area contributed by atoms with Crippen LogP contribution in [0.25, 0.3) is 0 Å². The minimum atomic E-state index is -0.0380. The van der Waals surface area contributed by atoms with Crippen LogP contribution in [0, 0.1) is 0 Å². The summed E-state index contributed by atoms with van der Waals surface area (Å²) in [5, 5.41) is 2.80. The second-order valence-corrected chi connectivity index (χ2v) is 6.74. The Balaban J connectivity index is 1.48. The Kier molecular flexibility index (Phi) is 6.26. The van der Waals surface area contributed by atoms with Gasteiger partial charge in [0.25, 0.3) is 0 Å². The minimum Gasteiger partial charge on any atom is -0.496 e. The number of anilines is 1. The lowest BCUT2D eigenvalue weighted by Crippen LogP contribution is -2.45. The lowest BCUT2D eigenvalue weighted by atomic mass is 10.1. The first-order valence-corrected chi connectivity index (χ1v) is 9.07. The Hall–Kier alpha value is -2.37. The quantitative estimate of drug-likeness (QED) is 0.867. The van der Waals surface area contributed by atoms with Crippen molar-refractivity contribution in [2.75, 3.05) is 38.6 Å². The molecule has 0 bridgehead atoms. The molecule has 0 spiro atoms. The molecule has 1 fully saturated rings.